The van der Waals surface area contributed by atoms with Crippen LogP contribution in [0.15, 0.2) is 30.3 Å². The molecule has 2 nitrogen and oxygen atoms in total. The highest BCUT2D eigenvalue weighted by molar-refractivity contribution is 5.80. The van der Waals surface area contributed by atoms with Crippen LogP contribution in [0.4, 0.5) is 0 Å². The van der Waals surface area contributed by atoms with E-state index in [1.807, 2.05) is 0 Å². The summed E-state index contributed by atoms with van der Waals surface area (Å²) >= 11 is 0. The molecule has 0 aliphatic heterocycles. The molecule has 2 aromatic rings. The Morgan fingerprint density at radius 3 is 2.55 bits per heavy atom. The first-order valence-corrected chi connectivity index (χ1v) is 8.72. The van der Waals surface area contributed by atoms with Crippen LogP contribution in [0.25, 0.3) is 10.9 Å². The fourth-order valence-corrected chi connectivity index (χ4v) is 3.48. The highest BCUT2D eigenvalue weighted by Gasteiger charge is 2.24. The molecule has 2 heteroatoms. The van der Waals surface area contributed by atoms with Gasteiger partial charge in [0.05, 0.1) is 11.6 Å². The highest BCUT2D eigenvalue weighted by Crippen LogP contribution is 2.32. The lowest BCUT2D eigenvalue weighted by molar-refractivity contribution is 0.117. The normalized spacial score (nSPS) is 22.2. The summed E-state index contributed by atoms with van der Waals surface area (Å²) in [5, 5.41) is 1.17. The molecule has 1 aliphatic rings. The summed E-state index contributed by atoms with van der Waals surface area (Å²) in [7, 11) is 0. The van der Waals surface area contributed by atoms with Crippen LogP contribution in [-0.2, 0) is 6.42 Å². The predicted molar refractivity (Wildman–Crippen MR) is 92.3 cm³/mol. The first-order chi connectivity index (χ1) is 10.7. The van der Waals surface area contributed by atoms with Crippen molar-refractivity contribution in [3.63, 3.8) is 0 Å². The summed E-state index contributed by atoms with van der Waals surface area (Å²) in [5.41, 5.74) is 2.21. The Morgan fingerprint density at radius 2 is 1.86 bits per heavy atom. The standard InChI is InChI=1S/C20H27NO/c1-4-17-8-5-16-13-19(11-12-20(16)21-17)22-18-9-6-15(7-10-18)14(2)3/h5,8,11-15,18H,4,6-7,9-10H2,1-3H3. The van der Waals surface area contributed by atoms with Crippen LogP contribution in [0.2, 0.25) is 0 Å². The summed E-state index contributed by atoms with van der Waals surface area (Å²) in [6.45, 7) is 6.82. The quantitative estimate of drug-likeness (QED) is 0.754. The maximum absolute atomic E-state index is 6.22. The van der Waals surface area contributed by atoms with Crippen LogP contribution >= 0.6 is 0 Å². The fourth-order valence-electron chi connectivity index (χ4n) is 3.48. The van der Waals surface area contributed by atoms with Gasteiger partial charge in [0.15, 0.2) is 0 Å². The zero-order chi connectivity index (χ0) is 15.5. The number of pyridine rings is 1. The van der Waals surface area contributed by atoms with Crippen molar-refractivity contribution >= 4 is 10.9 Å². The molecule has 1 fully saturated rings. The average molecular weight is 297 g/mol. The molecule has 118 valence electrons. The molecule has 0 amide bonds. The Bertz CT molecular complexity index is 627. The second kappa shape index (κ2) is 6.68. The molecule has 0 N–H and O–H groups in total. The molecule has 22 heavy (non-hydrogen) atoms. The van der Waals surface area contributed by atoms with E-state index in [4.69, 9.17) is 4.74 Å². The van der Waals surface area contributed by atoms with Gasteiger partial charge in [-0.3, -0.25) is 4.98 Å². The molecule has 1 aromatic heterocycles. The van der Waals surface area contributed by atoms with Gasteiger partial charge in [-0.2, -0.15) is 0 Å². The van der Waals surface area contributed by atoms with Gasteiger partial charge in [0.25, 0.3) is 0 Å². The lowest BCUT2D eigenvalue weighted by atomic mass is 9.80. The Hall–Kier alpha value is -1.57. The van der Waals surface area contributed by atoms with Crippen molar-refractivity contribution < 1.29 is 4.74 Å². The van der Waals surface area contributed by atoms with Gasteiger partial charge in [0, 0.05) is 11.1 Å². The first kappa shape index (κ1) is 15.3. The topological polar surface area (TPSA) is 22.1 Å². The van der Waals surface area contributed by atoms with E-state index >= 15 is 0 Å². The number of aryl methyl sites for hydroxylation is 1. The molecule has 0 atom stereocenters. The van der Waals surface area contributed by atoms with Gasteiger partial charge in [0.2, 0.25) is 0 Å². The molecule has 1 heterocycles. The van der Waals surface area contributed by atoms with Crippen molar-refractivity contribution in [3.8, 4) is 5.75 Å². The second-order valence-corrected chi connectivity index (χ2v) is 6.91. The van der Waals surface area contributed by atoms with Gasteiger partial charge in [-0.25, -0.2) is 0 Å². The molecule has 0 spiro atoms. The summed E-state index contributed by atoms with van der Waals surface area (Å²) in [6.07, 6.45) is 6.35. The minimum Gasteiger partial charge on any atom is -0.490 e. The van der Waals surface area contributed by atoms with E-state index in [2.05, 4.69) is 56.1 Å². The number of fused-ring (bicyclic) bond motifs is 1. The van der Waals surface area contributed by atoms with E-state index < -0.39 is 0 Å². The lowest BCUT2D eigenvalue weighted by Gasteiger charge is -2.31. The summed E-state index contributed by atoms with van der Waals surface area (Å²) in [4.78, 5) is 4.66. The van der Waals surface area contributed by atoms with E-state index in [9.17, 15) is 0 Å². The van der Waals surface area contributed by atoms with Crippen molar-refractivity contribution in [2.45, 2.75) is 59.0 Å². The van der Waals surface area contributed by atoms with Crippen molar-refractivity contribution in [2.75, 3.05) is 0 Å². The zero-order valence-electron chi connectivity index (χ0n) is 14.0. The van der Waals surface area contributed by atoms with Crippen LogP contribution < -0.4 is 4.74 Å². The number of rotatable bonds is 4. The molecule has 1 aromatic carbocycles. The molecular weight excluding hydrogens is 270 g/mol. The Labute approximate surface area is 133 Å². The third kappa shape index (κ3) is 3.43. The van der Waals surface area contributed by atoms with Crippen molar-refractivity contribution in [1.29, 1.82) is 0 Å². The lowest BCUT2D eigenvalue weighted by Crippen LogP contribution is -2.26. The van der Waals surface area contributed by atoms with Crippen molar-refractivity contribution in [2.24, 2.45) is 11.8 Å². The molecule has 1 saturated carbocycles. The van der Waals surface area contributed by atoms with Gasteiger partial charge >= 0.3 is 0 Å². The number of benzene rings is 1. The van der Waals surface area contributed by atoms with Crippen molar-refractivity contribution in [1.82, 2.24) is 4.98 Å². The van der Waals surface area contributed by atoms with Crippen LogP contribution in [0, 0.1) is 11.8 Å². The summed E-state index contributed by atoms with van der Waals surface area (Å²) < 4.78 is 6.22. The van der Waals surface area contributed by atoms with Crippen LogP contribution in [0.1, 0.15) is 52.1 Å². The number of ether oxygens (including phenoxy) is 1. The molecule has 3 rings (SSSR count). The Balaban J connectivity index is 1.67. The molecular formula is C20H27NO. The van der Waals surface area contributed by atoms with Crippen molar-refractivity contribution in [3.05, 3.63) is 36.0 Å². The highest BCUT2D eigenvalue weighted by atomic mass is 16.5. The number of hydrogen-bond donors (Lipinski definition) is 0. The molecule has 0 unspecified atom stereocenters. The number of hydrogen-bond acceptors (Lipinski definition) is 2. The fraction of sp³-hybridized carbons (Fsp3) is 0.550. The minimum absolute atomic E-state index is 0.385. The predicted octanol–water partition coefficient (Wildman–Crippen LogP) is 5.39. The van der Waals surface area contributed by atoms with E-state index in [-0.39, 0.29) is 0 Å². The van der Waals surface area contributed by atoms with Gasteiger partial charge in [-0.1, -0.05) is 26.8 Å². The molecule has 0 radical (unpaired) electrons. The number of nitrogens with zero attached hydrogens (tertiary/aromatic N) is 1. The largest absolute Gasteiger partial charge is 0.490 e. The van der Waals surface area contributed by atoms with Gasteiger partial charge in [-0.05, 0) is 68.2 Å². The molecule has 0 bridgehead atoms. The Kier molecular flexibility index (Phi) is 4.66. The minimum atomic E-state index is 0.385. The van der Waals surface area contributed by atoms with Gasteiger partial charge in [0.1, 0.15) is 5.75 Å². The van der Waals surface area contributed by atoms with Crippen LogP contribution in [0.5, 0.6) is 5.75 Å². The third-order valence-corrected chi connectivity index (χ3v) is 5.04. The Morgan fingerprint density at radius 1 is 1.09 bits per heavy atom. The van der Waals surface area contributed by atoms with E-state index in [1.165, 1.54) is 31.1 Å². The zero-order valence-corrected chi connectivity index (χ0v) is 14.0. The molecule has 0 saturated heterocycles. The van der Waals surface area contributed by atoms with Crippen LogP contribution in [-0.4, -0.2) is 11.1 Å². The summed E-state index contributed by atoms with van der Waals surface area (Å²) in [5.74, 6) is 2.68. The van der Waals surface area contributed by atoms with E-state index in [1.54, 1.807) is 0 Å². The molecule has 1 aliphatic carbocycles. The smallest absolute Gasteiger partial charge is 0.120 e. The summed E-state index contributed by atoms with van der Waals surface area (Å²) in [6, 6.07) is 10.6. The maximum atomic E-state index is 6.22. The number of aromatic nitrogens is 1. The maximum Gasteiger partial charge on any atom is 0.120 e. The second-order valence-electron chi connectivity index (χ2n) is 6.91. The third-order valence-electron chi connectivity index (χ3n) is 5.04. The van der Waals surface area contributed by atoms with Crippen LogP contribution in [0.3, 0.4) is 0 Å². The van der Waals surface area contributed by atoms with Gasteiger partial charge < -0.3 is 4.74 Å². The first-order valence-electron chi connectivity index (χ1n) is 8.72. The van der Waals surface area contributed by atoms with E-state index in [0.29, 0.717) is 6.10 Å². The van der Waals surface area contributed by atoms with E-state index in [0.717, 1.165) is 35.2 Å². The van der Waals surface area contributed by atoms with Gasteiger partial charge in [-0.15, -0.1) is 0 Å². The monoisotopic (exact) mass is 297 g/mol. The average Bonchev–Trinajstić information content (AvgIpc) is 2.55. The SMILES string of the molecule is CCc1ccc2cc(OC3CCC(C(C)C)CC3)ccc2n1.